The Labute approximate surface area is 190 Å². The SMILES string of the molecule is CC(=O)[C@@H](C)n1c(CN2CCN(c3cccc(Cl)c3)CC2)nc2c1c(=O)n(C)c(=O)n2C. The average molecular weight is 459 g/mol. The highest BCUT2D eigenvalue weighted by molar-refractivity contribution is 6.30. The normalized spacial score (nSPS) is 16.0. The minimum atomic E-state index is -0.562. The van der Waals surface area contributed by atoms with E-state index in [1.54, 1.807) is 18.5 Å². The molecule has 32 heavy (non-hydrogen) atoms. The van der Waals surface area contributed by atoms with Crippen LogP contribution >= 0.6 is 11.6 Å². The van der Waals surface area contributed by atoms with Crippen LogP contribution in [-0.2, 0) is 25.4 Å². The molecule has 0 aliphatic carbocycles. The summed E-state index contributed by atoms with van der Waals surface area (Å²) in [5.41, 5.74) is 0.793. The van der Waals surface area contributed by atoms with E-state index in [1.807, 2.05) is 24.3 Å². The third kappa shape index (κ3) is 3.86. The number of Topliss-reactive ketones (excluding diaryl/α,β-unsaturated/α-hetero) is 1. The number of nitrogens with zero attached hydrogens (tertiary/aromatic N) is 6. The number of aromatic nitrogens is 4. The standard InChI is InChI=1S/C22H27ClN6O3/c1-14(15(2)30)29-18(24-20-19(29)21(31)26(4)22(32)25(20)3)13-27-8-10-28(11-9-27)17-7-5-6-16(23)12-17/h5-7,12,14H,8-11,13H2,1-4H3/t14-/m1/s1. The highest BCUT2D eigenvalue weighted by atomic mass is 35.5. The van der Waals surface area contributed by atoms with Crippen LogP contribution in [0.1, 0.15) is 25.7 Å². The minimum absolute atomic E-state index is 0.0766. The number of carbonyl (C=O) groups excluding carboxylic acids is 1. The van der Waals surface area contributed by atoms with Gasteiger partial charge in [-0.25, -0.2) is 9.78 Å². The van der Waals surface area contributed by atoms with Gasteiger partial charge in [-0.15, -0.1) is 0 Å². The van der Waals surface area contributed by atoms with Crippen molar-refractivity contribution in [2.24, 2.45) is 14.1 Å². The first-order valence-corrected chi connectivity index (χ1v) is 11.0. The van der Waals surface area contributed by atoms with Crippen LogP contribution in [0.2, 0.25) is 5.02 Å². The molecule has 0 saturated carbocycles. The second-order valence-corrected chi connectivity index (χ2v) is 8.74. The summed E-state index contributed by atoms with van der Waals surface area (Å²) in [5, 5.41) is 0.712. The van der Waals surface area contributed by atoms with Crippen molar-refractivity contribution in [3.05, 3.63) is 56.0 Å². The molecule has 0 radical (unpaired) electrons. The third-order valence-electron chi connectivity index (χ3n) is 6.25. The fraction of sp³-hybridized carbons (Fsp3) is 0.455. The van der Waals surface area contributed by atoms with E-state index in [1.165, 1.54) is 18.5 Å². The predicted octanol–water partition coefficient (Wildman–Crippen LogP) is 1.56. The quantitative estimate of drug-likeness (QED) is 0.576. The van der Waals surface area contributed by atoms with Crippen molar-refractivity contribution in [2.75, 3.05) is 31.1 Å². The van der Waals surface area contributed by atoms with E-state index in [0.29, 0.717) is 23.0 Å². The molecular weight excluding hydrogens is 432 g/mol. The van der Waals surface area contributed by atoms with Gasteiger partial charge in [0.05, 0.1) is 12.6 Å². The van der Waals surface area contributed by atoms with Crippen LogP contribution in [0.5, 0.6) is 0 Å². The number of piperazine rings is 1. The lowest BCUT2D eigenvalue weighted by Crippen LogP contribution is -2.46. The van der Waals surface area contributed by atoms with E-state index < -0.39 is 17.3 Å². The van der Waals surface area contributed by atoms with Gasteiger partial charge in [-0.1, -0.05) is 17.7 Å². The van der Waals surface area contributed by atoms with Gasteiger partial charge in [0, 0.05) is 51.0 Å². The van der Waals surface area contributed by atoms with Gasteiger partial charge < -0.3 is 9.47 Å². The van der Waals surface area contributed by atoms with E-state index in [9.17, 15) is 14.4 Å². The van der Waals surface area contributed by atoms with Gasteiger partial charge in [0.1, 0.15) is 5.82 Å². The maximum Gasteiger partial charge on any atom is 0.332 e. The number of rotatable bonds is 5. The first kappa shape index (κ1) is 22.3. The Bertz CT molecular complexity index is 1300. The average Bonchev–Trinajstić information content (AvgIpc) is 3.15. The van der Waals surface area contributed by atoms with E-state index in [4.69, 9.17) is 11.6 Å². The fourth-order valence-electron chi connectivity index (χ4n) is 4.21. The van der Waals surface area contributed by atoms with Crippen molar-refractivity contribution < 1.29 is 4.79 Å². The number of imidazole rings is 1. The molecule has 0 spiro atoms. The summed E-state index contributed by atoms with van der Waals surface area (Å²) in [6.07, 6.45) is 0. The lowest BCUT2D eigenvalue weighted by Gasteiger charge is -2.36. The molecule has 0 amide bonds. The van der Waals surface area contributed by atoms with Gasteiger partial charge >= 0.3 is 5.69 Å². The molecule has 4 rings (SSSR count). The van der Waals surface area contributed by atoms with Gasteiger partial charge in [-0.2, -0.15) is 0 Å². The van der Waals surface area contributed by atoms with Crippen LogP contribution in [0, 0.1) is 0 Å². The van der Waals surface area contributed by atoms with Crippen LogP contribution < -0.4 is 16.1 Å². The predicted molar refractivity (Wildman–Crippen MR) is 125 cm³/mol. The zero-order valence-electron chi connectivity index (χ0n) is 18.7. The van der Waals surface area contributed by atoms with Crippen molar-refractivity contribution in [3.63, 3.8) is 0 Å². The summed E-state index contributed by atoms with van der Waals surface area (Å²) in [6, 6.07) is 7.25. The largest absolute Gasteiger partial charge is 0.369 e. The van der Waals surface area contributed by atoms with Crippen molar-refractivity contribution in [1.82, 2.24) is 23.6 Å². The van der Waals surface area contributed by atoms with Crippen LogP contribution in [-0.4, -0.2) is 55.5 Å². The number of aryl methyl sites for hydroxylation is 1. The molecule has 0 bridgehead atoms. The lowest BCUT2D eigenvalue weighted by molar-refractivity contribution is -0.119. The molecule has 0 unspecified atom stereocenters. The Morgan fingerprint density at radius 1 is 1.12 bits per heavy atom. The molecule has 1 aliphatic heterocycles. The topological polar surface area (TPSA) is 85.4 Å². The van der Waals surface area contributed by atoms with Gasteiger partial charge in [0.25, 0.3) is 5.56 Å². The lowest BCUT2D eigenvalue weighted by atomic mass is 10.2. The summed E-state index contributed by atoms with van der Waals surface area (Å²) in [5.74, 6) is 0.532. The number of hydrogen-bond donors (Lipinski definition) is 0. The minimum Gasteiger partial charge on any atom is -0.369 e. The number of fused-ring (bicyclic) bond motifs is 1. The Morgan fingerprint density at radius 3 is 2.44 bits per heavy atom. The molecular formula is C22H27ClN6O3. The van der Waals surface area contributed by atoms with E-state index in [-0.39, 0.29) is 11.3 Å². The first-order chi connectivity index (χ1) is 15.2. The van der Waals surface area contributed by atoms with Crippen molar-refractivity contribution in [3.8, 4) is 0 Å². The number of anilines is 1. The highest BCUT2D eigenvalue weighted by Crippen LogP contribution is 2.23. The van der Waals surface area contributed by atoms with Gasteiger partial charge in [0.2, 0.25) is 0 Å². The van der Waals surface area contributed by atoms with Gasteiger partial charge in [0.15, 0.2) is 16.9 Å². The summed E-state index contributed by atoms with van der Waals surface area (Å²) in [6.45, 7) is 6.96. The molecule has 2 aromatic heterocycles. The van der Waals surface area contributed by atoms with Crippen molar-refractivity contribution >= 4 is 34.2 Å². The zero-order valence-corrected chi connectivity index (χ0v) is 19.5. The molecule has 9 nitrogen and oxygen atoms in total. The zero-order chi connectivity index (χ0) is 23.2. The molecule has 1 saturated heterocycles. The molecule has 0 N–H and O–H groups in total. The molecule has 170 valence electrons. The monoisotopic (exact) mass is 458 g/mol. The Balaban J connectivity index is 1.66. The van der Waals surface area contributed by atoms with Crippen LogP contribution in [0.3, 0.4) is 0 Å². The summed E-state index contributed by atoms with van der Waals surface area (Å²) in [7, 11) is 3.03. The molecule has 1 aromatic carbocycles. The Morgan fingerprint density at radius 2 is 1.81 bits per heavy atom. The first-order valence-electron chi connectivity index (χ1n) is 10.6. The summed E-state index contributed by atoms with van der Waals surface area (Å²) < 4.78 is 4.12. The van der Waals surface area contributed by atoms with Crippen LogP contribution in [0.4, 0.5) is 5.69 Å². The molecule has 3 aromatic rings. The second-order valence-electron chi connectivity index (χ2n) is 8.31. The maximum atomic E-state index is 12.9. The third-order valence-corrected chi connectivity index (χ3v) is 6.49. The van der Waals surface area contributed by atoms with Gasteiger partial charge in [-0.05, 0) is 32.0 Å². The number of hydrogen-bond acceptors (Lipinski definition) is 6. The van der Waals surface area contributed by atoms with E-state index in [2.05, 4.69) is 14.8 Å². The molecule has 1 fully saturated rings. The summed E-state index contributed by atoms with van der Waals surface area (Å²) >= 11 is 6.13. The summed E-state index contributed by atoms with van der Waals surface area (Å²) in [4.78, 5) is 46.7. The van der Waals surface area contributed by atoms with E-state index >= 15 is 0 Å². The Hall–Kier alpha value is -2.91. The molecule has 1 aliphatic rings. The smallest absolute Gasteiger partial charge is 0.332 e. The Kier molecular flexibility index (Phi) is 5.96. The van der Waals surface area contributed by atoms with Crippen LogP contribution in [0.25, 0.3) is 11.2 Å². The number of ketones is 1. The fourth-order valence-corrected chi connectivity index (χ4v) is 4.39. The number of carbonyl (C=O) groups is 1. The van der Waals surface area contributed by atoms with Crippen molar-refractivity contribution in [2.45, 2.75) is 26.4 Å². The van der Waals surface area contributed by atoms with Crippen LogP contribution in [0.15, 0.2) is 33.9 Å². The number of benzene rings is 1. The maximum absolute atomic E-state index is 12.9. The second kappa shape index (κ2) is 8.55. The highest BCUT2D eigenvalue weighted by Gasteiger charge is 2.26. The van der Waals surface area contributed by atoms with Crippen molar-refractivity contribution in [1.29, 1.82) is 0 Å². The van der Waals surface area contributed by atoms with E-state index in [0.717, 1.165) is 36.4 Å². The molecule has 10 heteroatoms. The molecule has 3 heterocycles. The van der Waals surface area contributed by atoms with Gasteiger partial charge in [-0.3, -0.25) is 23.6 Å². The molecule has 1 atom stereocenters. The number of halogens is 1.